The summed E-state index contributed by atoms with van der Waals surface area (Å²) in [5.41, 5.74) is 0. The number of carbonyl (C=O) groups excluding carboxylic acids is 1. The van der Waals surface area contributed by atoms with Crippen molar-refractivity contribution in [1.82, 2.24) is 0 Å². The minimum Gasteiger partial charge on any atom is -0.506 e. The van der Waals surface area contributed by atoms with Gasteiger partial charge in [-0.1, -0.05) is 23.2 Å². The molecule has 2 rings (SSSR count). The van der Waals surface area contributed by atoms with Crippen molar-refractivity contribution in [3.05, 3.63) is 46.4 Å². The van der Waals surface area contributed by atoms with Crippen LogP contribution in [0.2, 0.25) is 10.0 Å². The van der Waals surface area contributed by atoms with Crippen LogP contribution in [-0.4, -0.2) is 24.3 Å². The van der Waals surface area contributed by atoms with Crippen molar-refractivity contribution >= 4 is 29.2 Å². The first kappa shape index (κ1) is 17.2. The van der Waals surface area contributed by atoms with Crippen LogP contribution in [0.1, 0.15) is 6.92 Å². The van der Waals surface area contributed by atoms with Gasteiger partial charge >= 0.3 is 5.97 Å². The maximum absolute atomic E-state index is 11.3. The number of hydrogen-bond acceptors (Lipinski definition) is 5. The van der Waals surface area contributed by atoms with Crippen molar-refractivity contribution in [2.75, 3.05) is 7.11 Å². The normalized spacial score (nSPS) is 11.7. The van der Waals surface area contributed by atoms with E-state index < -0.39 is 12.1 Å². The smallest absolute Gasteiger partial charge is 0.346 e. The van der Waals surface area contributed by atoms with E-state index in [2.05, 4.69) is 4.74 Å². The molecule has 0 aromatic heterocycles. The number of esters is 1. The molecule has 0 aliphatic heterocycles. The van der Waals surface area contributed by atoms with Gasteiger partial charge in [-0.05, 0) is 37.3 Å². The quantitative estimate of drug-likeness (QED) is 0.802. The molecule has 122 valence electrons. The van der Waals surface area contributed by atoms with Crippen molar-refractivity contribution in [2.24, 2.45) is 0 Å². The summed E-state index contributed by atoms with van der Waals surface area (Å²) in [7, 11) is 1.30. The molecule has 0 heterocycles. The summed E-state index contributed by atoms with van der Waals surface area (Å²) in [5.74, 6) is 0.642. The van der Waals surface area contributed by atoms with E-state index in [9.17, 15) is 9.90 Å². The van der Waals surface area contributed by atoms with Gasteiger partial charge in [0.15, 0.2) is 6.10 Å². The molecule has 23 heavy (non-hydrogen) atoms. The highest BCUT2D eigenvalue weighted by Crippen LogP contribution is 2.37. The van der Waals surface area contributed by atoms with E-state index >= 15 is 0 Å². The van der Waals surface area contributed by atoms with Gasteiger partial charge in [0.2, 0.25) is 0 Å². The second kappa shape index (κ2) is 7.44. The molecule has 0 saturated heterocycles. The lowest BCUT2D eigenvalue weighted by Crippen LogP contribution is -2.24. The van der Waals surface area contributed by atoms with Gasteiger partial charge in [0, 0.05) is 6.07 Å². The van der Waals surface area contributed by atoms with Gasteiger partial charge in [-0.2, -0.15) is 0 Å². The van der Waals surface area contributed by atoms with Crippen LogP contribution in [-0.2, 0) is 9.53 Å². The first-order valence-electron chi connectivity index (χ1n) is 6.61. The van der Waals surface area contributed by atoms with Crippen LogP contribution in [0.5, 0.6) is 23.0 Å². The molecule has 0 radical (unpaired) electrons. The number of phenols is 1. The second-order valence-electron chi connectivity index (χ2n) is 4.59. The Hall–Kier alpha value is -2.11. The lowest BCUT2D eigenvalue weighted by atomic mass is 10.3. The lowest BCUT2D eigenvalue weighted by molar-refractivity contribution is -0.147. The number of methoxy groups -OCH3 is 1. The molecule has 2 aromatic rings. The van der Waals surface area contributed by atoms with Gasteiger partial charge in [0.05, 0.1) is 17.2 Å². The van der Waals surface area contributed by atoms with Crippen LogP contribution >= 0.6 is 23.2 Å². The number of halogens is 2. The largest absolute Gasteiger partial charge is 0.506 e. The zero-order valence-electron chi connectivity index (χ0n) is 12.4. The third-order valence-corrected chi connectivity index (χ3v) is 3.50. The van der Waals surface area contributed by atoms with E-state index in [1.54, 1.807) is 31.2 Å². The number of rotatable bonds is 5. The Labute approximate surface area is 143 Å². The van der Waals surface area contributed by atoms with Gasteiger partial charge in [-0.15, -0.1) is 0 Å². The van der Waals surface area contributed by atoms with Gasteiger partial charge in [0.1, 0.15) is 23.0 Å². The van der Waals surface area contributed by atoms with Gasteiger partial charge in [-0.25, -0.2) is 4.79 Å². The average molecular weight is 357 g/mol. The van der Waals surface area contributed by atoms with Crippen molar-refractivity contribution in [2.45, 2.75) is 13.0 Å². The summed E-state index contributed by atoms with van der Waals surface area (Å²) in [6.07, 6.45) is -0.713. The topological polar surface area (TPSA) is 65.0 Å². The van der Waals surface area contributed by atoms with Crippen LogP contribution < -0.4 is 9.47 Å². The number of aromatic hydroxyl groups is 1. The Kier molecular flexibility index (Phi) is 5.58. The van der Waals surface area contributed by atoms with E-state index in [1.807, 2.05) is 0 Å². The molecule has 1 N–H and O–H groups in total. The standard InChI is InChI=1S/C16H14Cl2O5/c1-9(16(20)21-2)22-10-3-5-11(6-4-10)23-15-8-14(19)12(17)7-13(15)18/h3-9,19H,1-2H3/t9-/m0/s1. The van der Waals surface area contributed by atoms with Crippen LogP contribution in [0.15, 0.2) is 36.4 Å². The summed E-state index contributed by atoms with van der Waals surface area (Å²) in [5, 5.41) is 10.00. The predicted molar refractivity (Wildman–Crippen MR) is 86.7 cm³/mol. The summed E-state index contributed by atoms with van der Waals surface area (Å²) >= 11 is 11.8. The molecule has 0 saturated carbocycles. The molecule has 1 atom stereocenters. The number of phenolic OH excluding ortho intramolecular Hbond substituents is 1. The molecular weight excluding hydrogens is 343 g/mol. The maximum Gasteiger partial charge on any atom is 0.346 e. The summed E-state index contributed by atoms with van der Waals surface area (Å²) in [6.45, 7) is 1.59. The molecule has 2 aromatic carbocycles. The van der Waals surface area contributed by atoms with Crippen LogP contribution in [0.3, 0.4) is 0 Å². The van der Waals surface area contributed by atoms with Crippen molar-refractivity contribution in [1.29, 1.82) is 0 Å². The molecule has 0 aliphatic carbocycles. The fourth-order valence-corrected chi connectivity index (χ4v) is 2.15. The minimum atomic E-state index is -0.713. The zero-order valence-corrected chi connectivity index (χ0v) is 13.9. The molecule has 0 unspecified atom stereocenters. The first-order chi connectivity index (χ1) is 10.9. The lowest BCUT2D eigenvalue weighted by Gasteiger charge is -2.13. The Balaban J connectivity index is 2.08. The van der Waals surface area contributed by atoms with E-state index in [0.717, 1.165) is 0 Å². The monoisotopic (exact) mass is 356 g/mol. The molecule has 0 amide bonds. The SMILES string of the molecule is COC(=O)[C@H](C)Oc1ccc(Oc2cc(O)c(Cl)cc2Cl)cc1. The molecule has 7 heteroatoms. The van der Waals surface area contributed by atoms with Gasteiger partial charge in [0.25, 0.3) is 0 Å². The molecule has 0 bridgehead atoms. The Morgan fingerprint density at radius 3 is 2.30 bits per heavy atom. The highest BCUT2D eigenvalue weighted by Gasteiger charge is 2.15. The van der Waals surface area contributed by atoms with E-state index in [4.69, 9.17) is 32.7 Å². The number of carbonyl (C=O) groups is 1. The molecule has 5 nitrogen and oxygen atoms in total. The van der Waals surface area contributed by atoms with Gasteiger partial charge in [-0.3, -0.25) is 0 Å². The third-order valence-electron chi connectivity index (χ3n) is 2.90. The van der Waals surface area contributed by atoms with Crippen molar-refractivity contribution < 1.29 is 24.1 Å². The predicted octanol–water partition coefficient (Wildman–Crippen LogP) is 4.43. The molecule has 0 spiro atoms. The summed E-state index contributed by atoms with van der Waals surface area (Å²) < 4.78 is 15.6. The zero-order chi connectivity index (χ0) is 17.0. The number of hydrogen-bond donors (Lipinski definition) is 1. The molecule has 0 fully saturated rings. The Morgan fingerprint density at radius 1 is 1.09 bits per heavy atom. The first-order valence-corrected chi connectivity index (χ1v) is 7.36. The number of ether oxygens (including phenoxy) is 3. The molecule has 0 aliphatic rings. The minimum absolute atomic E-state index is 0.127. The Morgan fingerprint density at radius 2 is 1.70 bits per heavy atom. The highest BCUT2D eigenvalue weighted by molar-refractivity contribution is 6.36. The number of benzene rings is 2. The molecular formula is C16H14Cl2O5. The summed E-state index contributed by atoms with van der Waals surface area (Å²) in [4.78, 5) is 11.3. The van der Waals surface area contributed by atoms with Gasteiger partial charge < -0.3 is 19.3 Å². The second-order valence-corrected chi connectivity index (χ2v) is 5.41. The van der Waals surface area contributed by atoms with E-state index in [0.29, 0.717) is 11.5 Å². The summed E-state index contributed by atoms with van der Waals surface area (Å²) in [6, 6.07) is 9.28. The fraction of sp³-hybridized carbons (Fsp3) is 0.188. The van der Waals surface area contributed by atoms with E-state index in [1.165, 1.54) is 19.2 Å². The highest BCUT2D eigenvalue weighted by atomic mass is 35.5. The van der Waals surface area contributed by atoms with Crippen LogP contribution in [0.4, 0.5) is 0 Å². The van der Waals surface area contributed by atoms with Crippen LogP contribution in [0, 0.1) is 0 Å². The van der Waals surface area contributed by atoms with Crippen molar-refractivity contribution in [3.8, 4) is 23.0 Å². The van der Waals surface area contributed by atoms with Crippen LogP contribution in [0.25, 0.3) is 0 Å². The maximum atomic E-state index is 11.3. The Bertz CT molecular complexity index is 700. The third kappa shape index (κ3) is 4.43. The average Bonchev–Trinajstić information content (AvgIpc) is 2.53. The van der Waals surface area contributed by atoms with E-state index in [-0.39, 0.29) is 21.5 Å². The van der Waals surface area contributed by atoms with Crippen molar-refractivity contribution in [3.63, 3.8) is 0 Å². The fourth-order valence-electron chi connectivity index (χ4n) is 1.73.